The summed E-state index contributed by atoms with van der Waals surface area (Å²) >= 11 is 1.56. The highest BCUT2D eigenvalue weighted by Gasteiger charge is 2.44. The molecule has 7 nitrogen and oxygen atoms in total. The zero-order valence-corrected chi connectivity index (χ0v) is 21.9. The van der Waals surface area contributed by atoms with E-state index in [9.17, 15) is 19.8 Å². The highest BCUT2D eigenvalue weighted by Crippen LogP contribution is 2.36. The Hall–Kier alpha value is -1.61. The van der Waals surface area contributed by atoms with Gasteiger partial charge in [-0.2, -0.15) is 0 Å². The van der Waals surface area contributed by atoms with Crippen LogP contribution in [0.3, 0.4) is 0 Å². The van der Waals surface area contributed by atoms with Crippen molar-refractivity contribution in [3.63, 3.8) is 0 Å². The summed E-state index contributed by atoms with van der Waals surface area (Å²) in [5, 5.41) is 24.5. The number of epoxide rings is 1. The van der Waals surface area contributed by atoms with E-state index in [1.54, 1.807) is 32.1 Å². The van der Waals surface area contributed by atoms with Crippen LogP contribution >= 0.6 is 11.3 Å². The molecule has 7 atom stereocenters. The minimum Gasteiger partial charge on any atom is -0.458 e. The van der Waals surface area contributed by atoms with Crippen LogP contribution in [0.5, 0.6) is 0 Å². The largest absolute Gasteiger partial charge is 0.458 e. The molecule has 190 valence electrons. The van der Waals surface area contributed by atoms with Gasteiger partial charge in [0.25, 0.3) is 0 Å². The summed E-state index contributed by atoms with van der Waals surface area (Å²) in [6.07, 6.45) is 2.28. The smallest absolute Gasteiger partial charge is 0.309 e. The van der Waals surface area contributed by atoms with E-state index in [4.69, 9.17) is 9.47 Å². The third kappa shape index (κ3) is 6.53. The van der Waals surface area contributed by atoms with Crippen LogP contribution < -0.4 is 0 Å². The number of Topliss-reactive ketones (excluding diaryl/α,β-unsaturated/α-hetero) is 1. The number of thiazole rings is 1. The third-order valence-electron chi connectivity index (χ3n) is 7.41. The number of hydrogen-bond donors (Lipinski definition) is 2. The number of aliphatic hydroxyl groups excluding tert-OH is 2. The maximum absolute atomic E-state index is 13.2. The number of nitrogens with zero attached hydrogens (tertiary/aromatic N) is 1. The lowest BCUT2D eigenvalue weighted by Crippen LogP contribution is -2.45. The summed E-state index contributed by atoms with van der Waals surface area (Å²) < 4.78 is 11.7. The second-order valence-electron chi connectivity index (χ2n) is 10.6. The Bertz CT molecular complexity index is 909. The lowest BCUT2D eigenvalue weighted by atomic mass is 9.73. The molecule has 0 radical (unpaired) electrons. The number of aromatic nitrogens is 1. The SMILES string of the molecule is C/C(=C\c1csc(C)n1)C1C[C@H]2O[C@H]2CCCC(C)[C@H](O)[C@@H](C)C(=O)C(C)(C)[C@@H](O)CC(=O)O1. The van der Waals surface area contributed by atoms with Crippen LogP contribution in [0.1, 0.15) is 77.4 Å². The first kappa shape index (κ1) is 27.0. The topological polar surface area (TPSA) is 109 Å². The summed E-state index contributed by atoms with van der Waals surface area (Å²) in [6, 6.07) is 0. The van der Waals surface area contributed by atoms with E-state index in [-0.39, 0.29) is 30.3 Å². The number of carbonyl (C=O) groups is 2. The normalized spacial score (nSPS) is 36.0. The Kier molecular flexibility index (Phi) is 8.71. The fourth-order valence-electron chi connectivity index (χ4n) is 4.78. The van der Waals surface area contributed by atoms with Gasteiger partial charge >= 0.3 is 5.97 Å². The Morgan fingerprint density at radius 2 is 1.91 bits per heavy atom. The average molecular weight is 494 g/mol. The van der Waals surface area contributed by atoms with Crippen LogP contribution in [-0.2, 0) is 19.1 Å². The van der Waals surface area contributed by atoms with Crippen LogP contribution in [0, 0.1) is 24.2 Å². The van der Waals surface area contributed by atoms with E-state index in [0.717, 1.165) is 35.5 Å². The van der Waals surface area contributed by atoms with Crippen molar-refractivity contribution in [2.75, 3.05) is 0 Å². The van der Waals surface area contributed by atoms with E-state index in [2.05, 4.69) is 4.98 Å². The van der Waals surface area contributed by atoms with Gasteiger partial charge in [-0.15, -0.1) is 11.3 Å². The van der Waals surface area contributed by atoms with Crippen LogP contribution in [0.4, 0.5) is 0 Å². The molecule has 2 N–H and O–H groups in total. The van der Waals surface area contributed by atoms with E-state index in [1.807, 2.05) is 32.2 Å². The molecule has 1 aromatic rings. The number of ether oxygens (including phenoxy) is 2. The Labute approximate surface area is 206 Å². The summed E-state index contributed by atoms with van der Waals surface area (Å²) in [6.45, 7) is 10.8. The molecule has 0 aromatic carbocycles. The number of cyclic esters (lactones) is 1. The van der Waals surface area contributed by atoms with Gasteiger partial charge in [-0.1, -0.05) is 34.1 Å². The number of aliphatic hydroxyl groups is 2. The summed E-state index contributed by atoms with van der Waals surface area (Å²) in [7, 11) is 0. The molecule has 2 aliphatic heterocycles. The van der Waals surface area contributed by atoms with Crippen molar-refractivity contribution in [2.24, 2.45) is 17.3 Å². The Balaban J connectivity index is 1.81. The quantitative estimate of drug-likeness (QED) is 0.472. The van der Waals surface area contributed by atoms with Crippen LogP contribution in [0.15, 0.2) is 11.0 Å². The molecule has 2 fully saturated rings. The number of hydrogen-bond acceptors (Lipinski definition) is 8. The van der Waals surface area contributed by atoms with E-state index in [0.29, 0.717) is 6.42 Å². The standard InChI is InChI=1S/C26H39NO6S/c1-14-8-7-9-19-21(32-19)11-20(15(2)10-18-13-34-17(4)27-18)33-23(29)12-22(28)26(5,6)25(31)16(3)24(14)30/h10,13-14,16,19-22,24,28,30H,7-9,11-12H2,1-6H3/b15-10+/t14?,16-,19+,20?,21-,22+,24+/m1/s1. The molecule has 34 heavy (non-hydrogen) atoms. The van der Waals surface area contributed by atoms with Gasteiger partial charge in [0, 0.05) is 17.7 Å². The molecule has 0 aliphatic carbocycles. The molecule has 3 heterocycles. The minimum absolute atomic E-state index is 0.00770. The Morgan fingerprint density at radius 1 is 1.21 bits per heavy atom. The second-order valence-corrected chi connectivity index (χ2v) is 11.7. The van der Waals surface area contributed by atoms with Crippen molar-refractivity contribution in [2.45, 2.75) is 104 Å². The zero-order valence-electron chi connectivity index (χ0n) is 21.1. The predicted octanol–water partition coefficient (Wildman–Crippen LogP) is 4.09. The number of fused-ring (bicyclic) bond motifs is 1. The molecule has 2 unspecified atom stereocenters. The minimum atomic E-state index is -1.22. The molecule has 2 aliphatic rings. The number of esters is 1. The summed E-state index contributed by atoms with van der Waals surface area (Å²) in [5.74, 6) is -1.52. The molecular formula is C26H39NO6S. The van der Waals surface area contributed by atoms with Crippen molar-refractivity contribution >= 4 is 29.2 Å². The molecule has 1 aromatic heterocycles. The van der Waals surface area contributed by atoms with E-state index < -0.39 is 35.6 Å². The number of carbonyl (C=O) groups excluding carboxylic acids is 2. The van der Waals surface area contributed by atoms with Crippen molar-refractivity contribution in [1.29, 1.82) is 0 Å². The third-order valence-corrected chi connectivity index (χ3v) is 8.20. The van der Waals surface area contributed by atoms with Gasteiger partial charge in [0.2, 0.25) is 0 Å². The van der Waals surface area contributed by atoms with E-state index in [1.165, 1.54) is 0 Å². The molecule has 0 spiro atoms. The number of rotatable bonds is 2. The first-order valence-electron chi connectivity index (χ1n) is 12.3. The van der Waals surface area contributed by atoms with Gasteiger partial charge in [0.05, 0.1) is 47.0 Å². The monoisotopic (exact) mass is 493 g/mol. The molecule has 8 heteroatoms. The maximum Gasteiger partial charge on any atom is 0.309 e. The lowest BCUT2D eigenvalue weighted by molar-refractivity contribution is -0.154. The highest BCUT2D eigenvalue weighted by atomic mass is 32.1. The molecule has 2 saturated heterocycles. The van der Waals surface area contributed by atoms with Crippen LogP contribution in [0.25, 0.3) is 6.08 Å². The Morgan fingerprint density at radius 3 is 2.56 bits per heavy atom. The predicted molar refractivity (Wildman–Crippen MR) is 131 cm³/mol. The average Bonchev–Trinajstić information content (AvgIpc) is 3.38. The second kappa shape index (κ2) is 11.0. The van der Waals surface area contributed by atoms with Crippen molar-refractivity contribution in [1.82, 2.24) is 4.98 Å². The first-order valence-corrected chi connectivity index (χ1v) is 13.1. The van der Waals surface area contributed by atoms with Crippen LogP contribution in [0.2, 0.25) is 0 Å². The molecule has 0 amide bonds. The first-order chi connectivity index (χ1) is 15.9. The molecule has 0 saturated carbocycles. The van der Waals surface area contributed by atoms with Crippen molar-refractivity contribution in [3.05, 3.63) is 21.7 Å². The molecule has 0 bridgehead atoms. The highest BCUT2D eigenvalue weighted by molar-refractivity contribution is 7.09. The van der Waals surface area contributed by atoms with Gasteiger partial charge < -0.3 is 19.7 Å². The fraction of sp³-hybridized carbons (Fsp3) is 0.731. The maximum atomic E-state index is 13.2. The summed E-state index contributed by atoms with van der Waals surface area (Å²) in [4.78, 5) is 30.5. The van der Waals surface area contributed by atoms with Gasteiger partial charge in [-0.05, 0) is 44.3 Å². The number of aryl methyl sites for hydroxylation is 1. The lowest BCUT2D eigenvalue weighted by Gasteiger charge is -2.34. The van der Waals surface area contributed by atoms with Gasteiger partial charge in [-0.25, -0.2) is 4.98 Å². The van der Waals surface area contributed by atoms with Gasteiger partial charge in [0.15, 0.2) is 0 Å². The van der Waals surface area contributed by atoms with Gasteiger partial charge in [-0.3, -0.25) is 9.59 Å². The van der Waals surface area contributed by atoms with Crippen LogP contribution in [-0.4, -0.2) is 57.5 Å². The fourth-order valence-corrected chi connectivity index (χ4v) is 5.35. The molecule has 3 rings (SSSR count). The van der Waals surface area contributed by atoms with Crippen molar-refractivity contribution in [3.8, 4) is 0 Å². The zero-order chi connectivity index (χ0) is 25.2. The molecular weight excluding hydrogens is 454 g/mol. The van der Waals surface area contributed by atoms with Crippen molar-refractivity contribution < 1.29 is 29.3 Å². The van der Waals surface area contributed by atoms with Gasteiger partial charge in [0.1, 0.15) is 11.9 Å². The summed E-state index contributed by atoms with van der Waals surface area (Å²) in [5.41, 5.74) is 0.494. The number of ketones is 1. The van der Waals surface area contributed by atoms with E-state index >= 15 is 0 Å².